The third kappa shape index (κ3) is 4.19. The molecule has 0 unspecified atom stereocenters. The molecule has 0 bridgehead atoms. The Hall–Kier alpha value is -2.41. The molecular formula is C21H30N6O. The summed E-state index contributed by atoms with van der Waals surface area (Å²) in [5, 5.41) is 4.46. The number of hydrogen-bond donors (Lipinski definition) is 1. The summed E-state index contributed by atoms with van der Waals surface area (Å²) in [6.07, 6.45) is 9.57. The molecule has 2 aromatic rings. The van der Waals surface area contributed by atoms with Gasteiger partial charge in [-0.05, 0) is 45.6 Å². The van der Waals surface area contributed by atoms with E-state index >= 15 is 0 Å². The standard InChI is InChI=1S/C21H30N6O/c1-3-27-15-18(16(2)24-27)14-25-9-7-8-17(13-25)19-12-20(28)23-21(22-19)26-10-5-4-6-11-26/h3,12,15,17H,1,4-11,13-14H2,2H3,(H,22,23,28)/t17-/m1/s1. The lowest BCUT2D eigenvalue weighted by molar-refractivity contribution is 0.198. The van der Waals surface area contributed by atoms with Crippen LogP contribution in [0.15, 0.2) is 23.6 Å². The van der Waals surface area contributed by atoms with Crippen LogP contribution in [-0.2, 0) is 6.54 Å². The first-order valence-corrected chi connectivity index (χ1v) is 10.4. The Kier molecular flexibility index (Phi) is 5.62. The largest absolute Gasteiger partial charge is 0.342 e. The number of likely N-dealkylation sites (tertiary alicyclic amines) is 1. The molecule has 2 aromatic heterocycles. The van der Waals surface area contributed by atoms with E-state index in [1.165, 1.54) is 24.8 Å². The minimum atomic E-state index is -0.0363. The highest BCUT2D eigenvalue weighted by atomic mass is 16.1. The number of nitrogens with zero attached hydrogens (tertiary/aromatic N) is 5. The van der Waals surface area contributed by atoms with Gasteiger partial charge in [0, 0.05) is 56.1 Å². The minimum absolute atomic E-state index is 0.0363. The van der Waals surface area contributed by atoms with Crippen molar-refractivity contribution in [1.29, 1.82) is 0 Å². The van der Waals surface area contributed by atoms with Crippen molar-refractivity contribution < 1.29 is 0 Å². The van der Waals surface area contributed by atoms with Crippen molar-refractivity contribution in [2.45, 2.75) is 51.5 Å². The molecule has 7 nitrogen and oxygen atoms in total. The van der Waals surface area contributed by atoms with Gasteiger partial charge in [-0.25, -0.2) is 9.67 Å². The van der Waals surface area contributed by atoms with Gasteiger partial charge in [-0.3, -0.25) is 14.7 Å². The summed E-state index contributed by atoms with van der Waals surface area (Å²) in [7, 11) is 0. The van der Waals surface area contributed by atoms with Gasteiger partial charge in [-0.2, -0.15) is 5.10 Å². The summed E-state index contributed by atoms with van der Waals surface area (Å²) in [4.78, 5) is 24.8. The molecule has 0 spiro atoms. The van der Waals surface area contributed by atoms with Gasteiger partial charge in [0.25, 0.3) is 5.56 Å². The summed E-state index contributed by atoms with van der Waals surface area (Å²) in [6, 6.07) is 1.70. The quantitative estimate of drug-likeness (QED) is 0.861. The fourth-order valence-electron chi connectivity index (χ4n) is 4.38. The predicted octanol–water partition coefficient (Wildman–Crippen LogP) is 2.75. The molecule has 2 saturated heterocycles. The minimum Gasteiger partial charge on any atom is -0.342 e. The molecule has 1 N–H and O–H groups in total. The molecule has 2 aliphatic rings. The number of anilines is 1. The van der Waals surface area contributed by atoms with Crippen molar-refractivity contribution >= 4 is 12.1 Å². The zero-order valence-electron chi connectivity index (χ0n) is 16.7. The van der Waals surface area contributed by atoms with E-state index in [-0.39, 0.29) is 5.56 Å². The number of piperidine rings is 2. The molecule has 28 heavy (non-hydrogen) atoms. The third-order valence-corrected chi connectivity index (χ3v) is 5.93. The SMILES string of the molecule is C=Cn1cc(CN2CCC[C@@H](c3cc(=O)[nH]c(N4CCCCC4)n3)C2)c(C)n1. The Bertz CT molecular complexity index is 879. The summed E-state index contributed by atoms with van der Waals surface area (Å²) < 4.78 is 1.77. The van der Waals surface area contributed by atoms with Crippen molar-refractivity contribution in [2.75, 3.05) is 31.1 Å². The van der Waals surface area contributed by atoms with E-state index < -0.39 is 0 Å². The Labute approximate surface area is 166 Å². The predicted molar refractivity (Wildman–Crippen MR) is 112 cm³/mol. The van der Waals surface area contributed by atoms with Crippen LogP contribution in [0.25, 0.3) is 6.20 Å². The second kappa shape index (κ2) is 8.31. The maximum absolute atomic E-state index is 12.3. The smallest absolute Gasteiger partial charge is 0.252 e. The van der Waals surface area contributed by atoms with Gasteiger partial charge in [0.05, 0.1) is 11.4 Å². The molecule has 4 rings (SSSR count). The van der Waals surface area contributed by atoms with E-state index in [2.05, 4.69) is 26.5 Å². The Morgan fingerprint density at radius 1 is 1.25 bits per heavy atom. The first kappa shape index (κ1) is 18.9. The van der Waals surface area contributed by atoms with Crippen molar-refractivity contribution in [3.63, 3.8) is 0 Å². The first-order valence-electron chi connectivity index (χ1n) is 10.4. The molecule has 0 aromatic carbocycles. The zero-order valence-corrected chi connectivity index (χ0v) is 16.7. The lowest BCUT2D eigenvalue weighted by Crippen LogP contribution is -2.36. The zero-order chi connectivity index (χ0) is 19.5. The summed E-state index contributed by atoms with van der Waals surface area (Å²) in [6.45, 7) is 10.7. The van der Waals surface area contributed by atoms with Gasteiger partial charge in [-0.15, -0.1) is 0 Å². The van der Waals surface area contributed by atoms with Gasteiger partial charge in [0.2, 0.25) is 5.95 Å². The van der Waals surface area contributed by atoms with E-state index in [1.54, 1.807) is 16.9 Å². The van der Waals surface area contributed by atoms with Crippen LogP contribution in [0.5, 0.6) is 0 Å². The maximum atomic E-state index is 12.3. The highest BCUT2D eigenvalue weighted by Gasteiger charge is 2.25. The Morgan fingerprint density at radius 3 is 2.82 bits per heavy atom. The molecule has 0 amide bonds. The number of nitrogens with one attached hydrogen (secondary N) is 1. The molecule has 1 atom stereocenters. The normalized spacial score (nSPS) is 21.0. The average molecular weight is 383 g/mol. The van der Waals surface area contributed by atoms with Crippen LogP contribution in [-0.4, -0.2) is 50.8 Å². The Balaban J connectivity index is 1.49. The number of aryl methyl sites for hydroxylation is 1. The van der Waals surface area contributed by atoms with Crippen LogP contribution in [0.3, 0.4) is 0 Å². The van der Waals surface area contributed by atoms with Crippen LogP contribution in [0.1, 0.15) is 55.0 Å². The van der Waals surface area contributed by atoms with Crippen molar-refractivity contribution in [2.24, 2.45) is 0 Å². The van der Waals surface area contributed by atoms with Crippen LogP contribution < -0.4 is 10.5 Å². The molecule has 7 heteroatoms. The van der Waals surface area contributed by atoms with E-state index in [0.29, 0.717) is 5.92 Å². The van der Waals surface area contributed by atoms with Crippen LogP contribution in [0, 0.1) is 6.92 Å². The molecule has 0 radical (unpaired) electrons. The number of aromatic nitrogens is 4. The number of H-pyrrole nitrogens is 1. The van der Waals surface area contributed by atoms with Crippen LogP contribution in [0.2, 0.25) is 0 Å². The van der Waals surface area contributed by atoms with Crippen molar-refractivity contribution in [3.8, 4) is 0 Å². The van der Waals surface area contributed by atoms with Crippen molar-refractivity contribution in [3.05, 3.63) is 46.1 Å². The van der Waals surface area contributed by atoms with Gasteiger partial charge in [0.1, 0.15) is 0 Å². The number of aromatic amines is 1. The van der Waals surface area contributed by atoms with E-state index in [9.17, 15) is 4.79 Å². The third-order valence-electron chi connectivity index (χ3n) is 5.93. The topological polar surface area (TPSA) is 70.1 Å². The summed E-state index contributed by atoms with van der Waals surface area (Å²) in [5.74, 6) is 1.05. The molecular weight excluding hydrogens is 352 g/mol. The summed E-state index contributed by atoms with van der Waals surface area (Å²) in [5.41, 5.74) is 3.18. The fourth-order valence-corrected chi connectivity index (χ4v) is 4.38. The van der Waals surface area contributed by atoms with Crippen LogP contribution >= 0.6 is 0 Å². The average Bonchev–Trinajstić information content (AvgIpc) is 3.08. The first-order chi connectivity index (χ1) is 13.6. The van der Waals surface area contributed by atoms with E-state index in [4.69, 9.17) is 4.98 Å². The van der Waals surface area contributed by atoms with Crippen molar-refractivity contribution in [1.82, 2.24) is 24.6 Å². The molecule has 0 saturated carbocycles. The number of rotatable bonds is 5. The molecule has 4 heterocycles. The second-order valence-electron chi connectivity index (χ2n) is 8.02. The lowest BCUT2D eigenvalue weighted by Gasteiger charge is -2.33. The molecule has 0 aliphatic carbocycles. The molecule has 2 fully saturated rings. The van der Waals surface area contributed by atoms with Gasteiger partial charge in [-0.1, -0.05) is 6.58 Å². The fraction of sp³-hybridized carbons (Fsp3) is 0.571. The highest BCUT2D eigenvalue weighted by molar-refractivity contribution is 5.32. The summed E-state index contributed by atoms with van der Waals surface area (Å²) >= 11 is 0. The highest BCUT2D eigenvalue weighted by Crippen LogP contribution is 2.27. The van der Waals surface area contributed by atoms with Gasteiger partial charge >= 0.3 is 0 Å². The Morgan fingerprint density at radius 2 is 2.07 bits per heavy atom. The van der Waals surface area contributed by atoms with Gasteiger partial charge < -0.3 is 4.90 Å². The van der Waals surface area contributed by atoms with Crippen LogP contribution in [0.4, 0.5) is 5.95 Å². The van der Waals surface area contributed by atoms with Gasteiger partial charge in [0.15, 0.2) is 0 Å². The lowest BCUT2D eigenvalue weighted by atomic mass is 9.94. The monoisotopic (exact) mass is 382 g/mol. The molecule has 2 aliphatic heterocycles. The van der Waals surface area contributed by atoms with E-state index in [0.717, 1.165) is 62.9 Å². The number of hydrogen-bond acceptors (Lipinski definition) is 5. The molecule has 150 valence electrons. The van der Waals surface area contributed by atoms with E-state index in [1.807, 2.05) is 13.1 Å². The maximum Gasteiger partial charge on any atom is 0.252 e. The second-order valence-corrected chi connectivity index (χ2v) is 8.02.